The summed E-state index contributed by atoms with van der Waals surface area (Å²) >= 11 is 1.68. The summed E-state index contributed by atoms with van der Waals surface area (Å²) in [5.41, 5.74) is 1.09. The van der Waals surface area contributed by atoms with Crippen molar-refractivity contribution in [2.45, 2.75) is 39.7 Å². The summed E-state index contributed by atoms with van der Waals surface area (Å²) in [4.78, 5) is 10.9. The van der Waals surface area contributed by atoms with Crippen LogP contribution in [0, 0.1) is 6.92 Å². The Labute approximate surface area is 155 Å². The van der Waals surface area contributed by atoms with Crippen LogP contribution in [0.4, 0.5) is 0 Å². The molecular weight excluding hydrogens is 411 g/mol. The number of hydrogen-bond acceptors (Lipinski definition) is 4. The fourth-order valence-electron chi connectivity index (χ4n) is 1.91. The average molecular weight is 440 g/mol. The Balaban J connectivity index is 0.00000441. The van der Waals surface area contributed by atoms with Gasteiger partial charge < -0.3 is 15.0 Å². The van der Waals surface area contributed by atoms with E-state index in [1.807, 2.05) is 21.0 Å². The molecule has 1 rings (SSSR count). The van der Waals surface area contributed by atoms with Crippen molar-refractivity contribution in [2.75, 3.05) is 33.9 Å². The Kier molecular flexibility index (Phi) is 12.8. The standard InChI is InChI=1S/C15H28N4OS.HI/c1-5-6-9-20-10-7-8-17-15(16-3)19(4)11-14-12-21-13(2)18-14;/h12H,5-11H2,1-4H3,(H,16,17);1H. The third-order valence-corrected chi connectivity index (χ3v) is 3.85. The molecule has 22 heavy (non-hydrogen) atoms. The van der Waals surface area contributed by atoms with Crippen LogP contribution in [0.5, 0.6) is 0 Å². The van der Waals surface area contributed by atoms with Crippen LogP contribution < -0.4 is 5.32 Å². The number of aromatic nitrogens is 1. The Morgan fingerprint density at radius 3 is 2.73 bits per heavy atom. The van der Waals surface area contributed by atoms with Gasteiger partial charge in [0, 0.05) is 39.2 Å². The molecule has 0 aliphatic heterocycles. The van der Waals surface area contributed by atoms with Crippen LogP contribution in [-0.2, 0) is 11.3 Å². The van der Waals surface area contributed by atoms with Gasteiger partial charge in [-0.15, -0.1) is 35.3 Å². The lowest BCUT2D eigenvalue weighted by Gasteiger charge is -2.21. The molecule has 128 valence electrons. The summed E-state index contributed by atoms with van der Waals surface area (Å²) in [5.74, 6) is 0.897. The second-order valence-electron chi connectivity index (χ2n) is 5.01. The van der Waals surface area contributed by atoms with Crippen molar-refractivity contribution >= 4 is 41.3 Å². The number of ether oxygens (including phenoxy) is 1. The van der Waals surface area contributed by atoms with Crippen LogP contribution >= 0.6 is 35.3 Å². The molecule has 5 nitrogen and oxygen atoms in total. The Morgan fingerprint density at radius 2 is 2.14 bits per heavy atom. The predicted molar refractivity (Wildman–Crippen MR) is 105 cm³/mol. The SMILES string of the molecule is CCCCOCCCNC(=NC)N(C)Cc1csc(C)n1.I. The van der Waals surface area contributed by atoms with Crippen molar-refractivity contribution in [3.8, 4) is 0 Å². The molecule has 0 spiro atoms. The molecule has 1 heterocycles. The lowest BCUT2D eigenvalue weighted by atomic mass is 10.3. The number of halogens is 1. The van der Waals surface area contributed by atoms with Gasteiger partial charge in [0.2, 0.25) is 0 Å². The minimum absolute atomic E-state index is 0. The van der Waals surface area contributed by atoms with E-state index in [2.05, 4.69) is 32.5 Å². The highest BCUT2D eigenvalue weighted by Gasteiger charge is 2.08. The van der Waals surface area contributed by atoms with E-state index in [0.29, 0.717) is 0 Å². The van der Waals surface area contributed by atoms with E-state index in [1.54, 1.807) is 11.3 Å². The van der Waals surface area contributed by atoms with Crippen LogP contribution in [0.15, 0.2) is 10.4 Å². The summed E-state index contributed by atoms with van der Waals surface area (Å²) in [6.07, 6.45) is 3.32. The molecule has 0 fully saturated rings. The number of aliphatic imine (C=N–C) groups is 1. The van der Waals surface area contributed by atoms with Crippen molar-refractivity contribution in [1.29, 1.82) is 0 Å². The van der Waals surface area contributed by atoms with Crippen LogP contribution in [0.25, 0.3) is 0 Å². The zero-order valence-corrected chi connectivity index (χ0v) is 17.2. The molecule has 1 aromatic heterocycles. The fraction of sp³-hybridized carbons (Fsp3) is 0.733. The quantitative estimate of drug-likeness (QED) is 0.277. The molecule has 0 aliphatic rings. The summed E-state index contributed by atoms with van der Waals surface area (Å²) < 4.78 is 5.55. The number of thiazole rings is 1. The maximum atomic E-state index is 5.55. The normalized spacial score (nSPS) is 11.2. The number of nitrogens with one attached hydrogen (secondary N) is 1. The topological polar surface area (TPSA) is 49.8 Å². The van der Waals surface area contributed by atoms with Gasteiger partial charge in [-0.1, -0.05) is 13.3 Å². The van der Waals surface area contributed by atoms with Gasteiger partial charge in [0.15, 0.2) is 5.96 Å². The van der Waals surface area contributed by atoms with E-state index < -0.39 is 0 Å². The molecule has 0 unspecified atom stereocenters. The van der Waals surface area contributed by atoms with Crippen LogP contribution in [0.2, 0.25) is 0 Å². The van der Waals surface area contributed by atoms with Gasteiger partial charge >= 0.3 is 0 Å². The van der Waals surface area contributed by atoms with E-state index in [9.17, 15) is 0 Å². The lowest BCUT2D eigenvalue weighted by Crippen LogP contribution is -2.39. The van der Waals surface area contributed by atoms with Gasteiger partial charge in [-0.2, -0.15) is 0 Å². The molecule has 0 bridgehead atoms. The zero-order valence-electron chi connectivity index (χ0n) is 14.1. The summed E-state index contributed by atoms with van der Waals surface area (Å²) in [6.45, 7) is 7.53. The Bertz CT molecular complexity index is 425. The molecule has 0 amide bonds. The third-order valence-electron chi connectivity index (χ3n) is 3.03. The molecule has 0 saturated heterocycles. The van der Waals surface area contributed by atoms with Crippen LogP contribution in [-0.4, -0.2) is 49.7 Å². The van der Waals surface area contributed by atoms with E-state index in [1.165, 1.54) is 6.42 Å². The summed E-state index contributed by atoms with van der Waals surface area (Å²) in [7, 11) is 3.84. The van der Waals surface area contributed by atoms with Crippen molar-refractivity contribution in [3.63, 3.8) is 0 Å². The maximum absolute atomic E-state index is 5.55. The van der Waals surface area contributed by atoms with Gasteiger partial charge in [-0.05, 0) is 19.8 Å². The lowest BCUT2D eigenvalue weighted by molar-refractivity contribution is 0.129. The average Bonchev–Trinajstić information content (AvgIpc) is 2.87. The first-order valence-corrected chi connectivity index (χ1v) is 8.45. The number of unbranched alkanes of at least 4 members (excludes halogenated alkanes) is 1. The first kappa shape index (κ1) is 21.6. The monoisotopic (exact) mass is 440 g/mol. The Morgan fingerprint density at radius 1 is 1.41 bits per heavy atom. The van der Waals surface area contributed by atoms with Crippen molar-refractivity contribution in [1.82, 2.24) is 15.2 Å². The molecule has 7 heteroatoms. The highest BCUT2D eigenvalue weighted by atomic mass is 127. The predicted octanol–water partition coefficient (Wildman–Crippen LogP) is 3.28. The number of nitrogens with zero attached hydrogens (tertiary/aromatic N) is 3. The van der Waals surface area contributed by atoms with Gasteiger partial charge in [0.1, 0.15) is 0 Å². The van der Waals surface area contributed by atoms with E-state index in [-0.39, 0.29) is 24.0 Å². The maximum Gasteiger partial charge on any atom is 0.193 e. The minimum Gasteiger partial charge on any atom is -0.381 e. The van der Waals surface area contributed by atoms with Crippen LogP contribution in [0.1, 0.15) is 36.9 Å². The summed E-state index contributed by atoms with van der Waals surface area (Å²) in [5, 5.41) is 6.56. The molecule has 0 saturated carbocycles. The second-order valence-corrected chi connectivity index (χ2v) is 6.07. The van der Waals surface area contributed by atoms with E-state index in [0.717, 1.165) is 55.8 Å². The molecule has 1 N–H and O–H groups in total. The van der Waals surface area contributed by atoms with Gasteiger partial charge in [0.05, 0.1) is 17.2 Å². The van der Waals surface area contributed by atoms with Crippen molar-refractivity contribution in [3.05, 3.63) is 16.1 Å². The number of hydrogen-bond donors (Lipinski definition) is 1. The molecule has 0 aromatic carbocycles. The number of aryl methyl sites for hydroxylation is 1. The first-order valence-electron chi connectivity index (χ1n) is 7.58. The third kappa shape index (κ3) is 8.89. The first-order chi connectivity index (χ1) is 10.2. The van der Waals surface area contributed by atoms with Crippen LogP contribution in [0.3, 0.4) is 0 Å². The largest absolute Gasteiger partial charge is 0.381 e. The molecule has 1 aromatic rings. The molecule has 0 radical (unpaired) electrons. The second kappa shape index (κ2) is 13.1. The van der Waals surface area contributed by atoms with E-state index >= 15 is 0 Å². The smallest absolute Gasteiger partial charge is 0.193 e. The minimum atomic E-state index is 0. The highest BCUT2D eigenvalue weighted by Crippen LogP contribution is 2.09. The number of rotatable bonds is 9. The summed E-state index contributed by atoms with van der Waals surface area (Å²) in [6, 6.07) is 0. The van der Waals surface area contributed by atoms with Gasteiger partial charge in [-0.3, -0.25) is 4.99 Å². The van der Waals surface area contributed by atoms with Gasteiger partial charge in [-0.25, -0.2) is 4.98 Å². The fourth-order valence-corrected chi connectivity index (χ4v) is 2.51. The highest BCUT2D eigenvalue weighted by molar-refractivity contribution is 14.0. The Hall–Kier alpha value is -0.410. The van der Waals surface area contributed by atoms with Crippen molar-refractivity contribution < 1.29 is 4.74 Å². The molecule has 0 atom stereocenters. The molecule has 0 aliphatic carbocycles. The van der Waals surface area contributed by atoms with E-state index in [4.69, 9.17) is 4.74 Å². The number of guanidine groups is 1. The van der Waals surface area contributed by atoms with Gasteiger partial charge in [0.25, 0.3) is 0 Å². The zero-order chi connectivity index (χ0) is 15.5. The van der Waals surface area contributed by atoms with Crippen molar-refractivity contribution in [2.24, 2.45) is 4.99 Å². The molecular formula is C15H29IN4OS.